The molecule has 0 radical (unpaired) electrons. The van der Waals surface area contributed by atoms with Crippen molar-refractivity contribution >= 4 is 29.3 Å². The zero-order chi connectivity index (χ0) is 13.5. The van der Waals surface area contributed by atoms with Crippen LogP contribution < -0.4 is 9.64 Å². The first-order valence-electron chi connectivity index (χ1n) is 5.44. The molecule has 0 aliphatic carbocycles. The van der Waals surface area contributed by atoms with Crippen molar-refractivity contribution in [3.8, 4) is 5.75 Å². The van der Waals surface area contributed by atoms with Crippen LogP contribution in [0.3, 0.4) is 0 Å². The molecule has 1 rings (SSSR count). The van der Waals surface area contributed by atoms with Crippen LogP contribution in [-0.2, 0) is 4.79 Å². The first-order chi connectivity index (χ1) is 8.58. The van der Waals surface area contributed by atoms with Gasteiger partial charge >= 0.3 is 5.97 Å². The summed E-state index contributed by atoms with van der Waals surface area (Å²) in [6, 6.07) is 5.51. The maximum Gasteiger partial charge on any atom is 0.328 e. The Morgan fingerprint density at radius 1 is 1.56 bits per heavy atom. The Kier molecular flexibility index (Phi) is 5.52. The number of ether oxygens (including phenoxy) is 1. The van der Waals surface area contributed by atoms with Gasteiger partial charge in [-0.25, -0.2) is 4.79 Å². The lowest BCUT2D eigenvalue weighted by Gasteiger charge is -2.20. The summed E-state index contributed by atoms with van der Waals surface area (Å²) in [5.74, 6) is 0.243. The van der Waals surface area contributed by atoms with E-state index >= 15 is 0 Å². The molecule has 0 spiro atoms. The molecule has 0 bridgehead atoms. The maximum atomic E-state index is 10.4. The number of hydrogen-bond acceptors (Lipinski definition) is 3. The van der Waals surface area contributed by atoms with Gasteiger partial charge in [0.15, 0.2) is 0 Å². The first-order valence-corrected chi connectivity index (χ1v) is 5.98. The van der Waals surface area contributed by atoms with Crippen molar-refractivity contribution < 1.29 is 14.6 Å². The van der Waals surface area contributed by atoms with Crippen LogP contribution in [0, 0.1) is 0 Å². The van der Waals surface area contributed by atoms with Gasteiger partial charge in [-0.2, -0.15) is 0 Å². The highest BCUT2D eigenvalue weighted by molar-refractivity contribution is 6.18. The second-order valence-corrected chi connectivity index (χ2v) is 4.09. The van der Waals surface area contributed by atoms with Crippen LogP contribution in [-0.4, -0.2) is 37.7 Å². The zero-order valence-electron chi connectivity index (χ0n) is 10.4. The summed E-state index contributed by atoms with van der Waals surface area (Å²) in [5.41, 5.74) is 1.70. The summed E-state index contributed by atoms with van der Waals surface area (Å²) in [6.45, 7) is 0.711. The van der Waals surface area contributed by atoms with E-state index in [9.17, 15) is 4.79 Å². The minimum atomic E-state index is -0.975. The van der Waals surface area contributed by atoms with E-state index in [-0.39, 0.29) is 0 Å². The lowest BCUT2D eigenvalue weighted by atomic mass is 10.1. The fourth-order valence-electron chi connectivity index (χ4n) is 1.53. The predicted molar refractivity (Wildman–Crippen MR) is 73.7 cm³/mol. The fraction of sp³-hybridized carbons (Fsp3) is 0.308. The van der Waals surface area contributed by atoms with Crippen molar-refractivity contribution in [2.24, 2.45) is 0 Å². The minimum Gasteiger partial charge on any atom is -0.495 e. The third-order valence-electron chi connectivity index (χ3n) is 2.45. The van der Waals surface area contributed by atoms with E-state index in [0.29, 0.717) is 18.2 Å². The molecule has 0 saturated heterocycles. The van der Waals surface area contributed by atoms with Crippen LogP contribution in [0.15, 0.2) is 24.3 Å². The molecule has 1 aromatic carbocycles. The largest absolute Gasteiger partial charge is 0.495 e. The SMILES string of the molecule is COc1cc(C=CC(=O)O)ccc1N(C)CCCl. The summed E-state index contributed by atoms with van der Waals surface area (Å²) in [4.78, 5) is 12.4. The van der Waals surface area contributed by atoms with Gasteiger partial charge in [0.25, 0.3) is 0 Å². The van der Waals surface area contributed by atoms with Gasteiger partial charge < -0.3 is 14.7 Å². The molecule has 0 aliphatic heterocycles. The summed E-state index contributed by atoms with van der Waals surface area (Å²) in [6.07, 6.45) is 2.62. The molecule has 0 atom stereocenters. The van der Waals surface area contributed by atoms with Gasteiger partial charge in [0, 0.05) is 25.5 Å². The number of carboxylic acid groups (broad SMARTS) is 1. The van der Waals surface area contributed by atoms with Crippen LogP contribution >= 0.6 is 11.6 Å². The molecular formula is C13H16ClNO3. The minimum absolute atomic E-state index is 0.528. The highest BCUT2D eigenvalue weighted by atomic mass is 35.5. The molecule has 0 fully saturated rings. The van der Waals surface area contributed by atoms with Crippen LogP contribution in [0.2, 0.25) is 0 Å². The number of rotatable bonds is 6. The summed E-state index contributed by atoms with van der Waals surface area (Å²) >= 11 is 5.70. The fourth-order valence-corrected chi connectivity index (χ4v) is 1.78. The Morgan fingerprint density at radius 3 is 2.83 bits per heavy atom. The number of halogens is 1. The molecule has 0 unspecified atom stereocenters. The highest BCUT2D eigenvalue weighted by Gasteiger charge is 2.07. The third kappa shape index (κ3) is 3.96. The van der Waals surface area contributed by atoms with Crippen LogP contribution in [0.25, 0.3) is 6.08 Å². The van der Waals surface area contributed by atoms with Crippen molar-refractivity contribution in [2.45, 2.75) is 0 Å². The average molecular weight is 270 g/mol. The van der Waals surface area contributed by atoms with Crippen LogP contribution in [0.1, 0.15) is 5.56 Å². The second kappa shape index (κ2) is 6.91. The predicted octanol–water partition coefficient (Wildman–Crippen LogP) is 2.47. The molecule has 98 valence electrons. The summed E-state index contributed by atoms with van der Waals surface area (Å²) < 4.78 is 5.29. The molecule has 0 saturated carbocycles. The number of methoxy groups -OCH3 is 1. The molecule has 1 N–H and O–H groups in total. The Hall–Kier alpha value is -1.68. The number of hydrogen-bond donors (Lipinski definition) is 1. The quantitative estimate of drug-likeness (QED) is 0.637. The standard InChI is InChI=1S/C13H16ClNO3/c1-15(8-7-14)11-5-3-10(4-6-13(16)17)9-12(11)18-2/h3-6,9H,7-8H2,1-2H3,(H,16,17). The van der Waals surface area contributed by atoms with Crippen molar-refractivity contribution in [2.75, 3.05) is 31.5 Å². The number of benzene rings is 1. The number of carboxylic acids is 1. The number of nitrogens with zero attached hydrogens (tertiary/aromatic N) is 1. The van der Waals surface area contributed by atoms with Crippen LogP contribution in [0.4, 0.5) is 5.69 Å². The zero-order valence-corrected chi connectivity index (χ0v) is 11.1. The molecule has 0 amide bonds. The van der Waals surface area contributed by atoms with Gasteiger partial charge in [-0.3, -0.25) is 0 Å². The molecule has 1 aromatic rings. The van der Waals surface area contributed by atoms with Gasteiger partial charge in [-0.05, 0) is 23.8 Å². The lowest BCUT2D eigenvalue weighted by molar-refractivity contribution is -0.131. The van der Waals surface area contributed by atoms with Crippen molar-refractivity contribution in [1.82, 2.24) is 0 Å². The molecule has 0 heterocycles. The molecular weight excluding hydrogens is 254 g/mol. The third-order valence-corrected chi connectivity index (χ3v) is 2.62. The normalized spacial score (nSPS) is 10.6. The van der Waals surface area contributed by atoms with Crippen molar-refractivity contribution in [1.29, 1.82) is 0 Å². The Balaban J connectivity index is 2.99. The number of anilines is 1. The van der Waals surface area contributed by atoms with Gasteiger partial charge in [0.05, 0.1) is 12.8 Å². The average Bonchev–Trinajstić information content (AvgIpc) is 2.36. The van der Waals surface area contributed by atoms with E-state index < -0.39 is 5.97 Å². The van der Waals surface area contributed by atoms with Gasteiger partial charge in [-0.1, -0.05) is 6.07 Å². The van der Waals surface area contributed by atoms with Crippen LogP contribution in [0.5, 0.6) is 5.75 Å². The maximum absolute atomic E-state index is 10.4. The molecule has 0 aromatic heterocycles. The van der Waals surface area contributed by atoms with E-state index in [4.69, 9.17) is 21.4 Å². The Labute approximate surface area is 111 Å². The monoisotopic (exact) mass is 269 g/mol. The van der Waals surface area contributed by atoms with E-state index in [1.165, 1.54) is 6.08 Å². The lowest BCUT2D eigenvalue weighted by Crippen LogP contribution is -2.20. The Bertz CT molecular complexity index is 446. The second-order valence-electron chi connectivity index (χ2n) is 3.71. The summed E-state index contributed by atoms with van der Waals surface area (Å²) in [5, 5.41) is 8.57. The molecule has 4 nitrogen and oxygen atoms in total. The van der Waals surface area contributed by atoms with E-state index in [1.807, 2.05) is 24.1 Å². The smallest absolute Gasteiger partial charge is 0.328 e. The topological polar surface area (TPSA) is 49.8 Å². The van der Waals surface area contributed by atoms with Crippen molar-refractivity contribution in [3.63, 3.8) is 0 Å². The van der Waals surface area contributed by atoms with Gasteiger partial charge in [0.1, 0.15) is 5.75 Å². The first kappa shape index (κ1) is 14.4. The van der Waals surface area contributed by atoms with E-state index in [2.05, 4.69) is 0 Å². The highest BCUT2D eigenvalue weighted by Crippen LogP contribution is 2.28. The van der Waals surface area contributed by atoms with E-state index in [0.717, 1.165) is 17.3 Å². The van der Waals surface area contributed by atoms with Gasteiger partial charge in [-0.15, -0.1) is 11.6 Å². The van der Waals surface area contributed by atoms with Gasteiger partial charge in [0.2, 0.25) is 0 Å². The number of aliphatic carboxylic acids is 1. The Morgan fingerprint density at radius 2 is 2.28 bits per heavy atom. The molecule has 0 aliphatic rings. The van der Waals surface area contributed by atoms with E-state index in [1.54, 1.807) is 13.2 Å². The summed E-state index contributed by atoms with van der Waals surface area (Å²) in [7, 11) is 3.51. The number of alkyl halides is 1. The number of carbonyl (C=O) groups is 1. The molecule has 5 heteroatoms. The molecule has 18 heavy (non-hydrogen) atoms. The van der Waals surface area contributed by atoms with Crippen molar-refractivity contribution in [3.05, 3.63) is 29.8 Å².